The lowest BCUT2D eigenvalue weighted by atomic mass is 10.3. The van der Waals surface area contributed by atoms with E-state index in [1.54, 1.807) is 0 Å². The fourth-order valence-corrected chi connectivity index (χ4v) is 2.06. The van der Waals surface area contributed by atoms with E-state index in [0.29, 0.717) is 17.6 Å². The van der Waals surface area contributed by atoms with E-state index in [1.165, 1.54) is 0 Å². The quantitative estimate of drug-likeness (QED) is 0.623. The summed E-state index contributed by atoms with van der Waals surface area (Å²) >= 11 is 0. The molecule has 4 aromatic rings. The van der Waals surface area contributed by atoms with Crippen LogP contribution >= 0.6 is 0 Å². The van der Waals surface area contributed by atoms with Gasteiger partial charge >= 0.3 is 6.01 Å². The van der Waals surface area contributed by atoms with Crippen LogP contribution in [0.1, 0.15) is 0 Å². The third-order valence-corrected chi connectivity index (χ3v) is 3.03. The molecule has 3 aromatic heterocycles. The Hall–Kier alpha value is -3.15. The van der Waals surface area contributed by atoms with Crippen LogP contribution in [0.4, 0.5) is 11.7 Å². The van der Waals surface area contributed by atoms with Crippen molar-refractivity contribution in [1.82, 2.24) is 19.6 Å². The Balaban J connectivity index is 1.64. The fourth-order valence-electron chi connectivity index (χ4n) is 2.06. The molecule has 21 heavy (non-hydrogen) atoms. The molecule has 0 aliphatic carbocycles. The Bertz CT molecular complexity index is 848. The lowest BCUT2D eigenvalue weighted by Gasteiger charge is -1.98. The number of nitrogens with one attached hydrogen (secondary N) is 1. The topological polar surface area (TPSA) is 68.2 Å². The summed E-state index contributed by atoms with van der Waals surface area (Å²) in [5.74, 6) is 0.386. The minimum Gasteiger partial charge on any atom is -0.401 e. The molecule has 0 amide bonds. The van der Waals surface area contributed by atoms with E-state index >= 15 is 0 Å². The highest BCUT2D eigenvalue weighted by molar-refractivity contribution is 5.56. The first-order chi connectivity index (χ1) is 10.4. The molecule has 6 heteroatoms. The number of nitrogens with zero attached hydrogens (tertiary/aromatic N) is 4. The monoisotopic (exact) mass is 277 g/mol. The van der Waals surface area contributed by atoms with Crippen LogP contribution in [-0.2, 0) is 0 Å². The molecule has 102 valence electrons. The van der Waals surface area contributed by atoms with Crippen molar-refractivity contribution in [1.29, 1.82) is 0 Å². The summed E-state index contributed by atoms with van der Waals surface area (Å²) in [4.78, 5) is 4.44. The SMILES string of the molecule is c1ccc(Nc2nnc(-c3cn4ccccc4n3)o2)cc1. The summed E-state index contributed by atoms with van der Waals surface area (Å²) < 4.78 is 7.50. The van der Waals surface area contributed by atoms with E-state index in [2.05, 4.69) is 20.5 Å². The van der Waals surface area contributed by atoms with E-state index in [1.807, 2.05) is 65.3 Å². The molecule has 0 bridgehead atoms. The van der Waals surface area contributed by atoms with Gasteiger partial charge in [0.25, 0.3) is 5.89 Å². The maximum Gasteiger partial charge on any atom is 0.320 e. The van der Waals surface area contributed by atoms with Gasteiger partial charge in [0.2, 0.25) is 0 Å². The van der Waals surface area contributed by atoms with Crippen LogP contribution < -0.4 is 5.32 Å². The standard InChI is InChI=1S/C15H11N5O/c1-2-6-11(7-3-1)16-15-19-18-14(21-15)12-10-20-9-5-4-8-13(20)17-12/h1-10H,(H,16,19). The highest BCUT2D eigenvalue weighted by Crippen LogP contribution is 2.21. The van der Waals surface area contributed by atoms with Crippen molar-refractivity contribution in [2.24, 2.45) is 0 Å². The van der Waals surface area contributed by atoms with Crippen molar-refractivity contribution in [2.75, 3.05) is 5.32 Å². The van der Waals surface area contributed by atoms with Crippen LogP contribution in [0.2, 0.25) is 0 Å². The lowest BCUT2D eigenvalue weighted by Crippen LogP contribution is -1.88. The molecule has 0 fully saturated rings. The maximum atomic E-state index is 5.59. The normalized spacial score (nSPS) is 10.9. The second kappa shape index (κ2) is 4.75. The van der Waals surface area contributed by atoms with Gasteiger partial charge in [0.05, 0.1) is 0 Å². The molecule has 0 saturated heterocycles. The number of fused-ring (bicyclic) bond motifs is 1. The predicted octanol–water partition coefficient (Wildman–Crippen LogP) is 3.13. The van der Waals surface area contributed by atoms with Gasteiger partial charge in [0.15, 0.2) is 0 Å². The first-order valence-electron chi connectivity index (χ1n) is 6.48. The minimum absolute atomic E-state index is 0.341. The first-order valence-corrected chi connectivity index (χ1v) is 6.48. The molecule has 3 heterocycles. The van der Waals surface area contributed by atoms with Crippen LogP contribution in [0.25, 0.3) is 17.2 Å². The summed E-state index contributed by atoms with van der Waals surface area (Å²) in [5.41, 5.74) is 2.38. The average molecular weight is 277 g/mol. The van der Waals surface area contributed by atoms with Gasteiger partial charge in [-0.05, 0) is 24.3 Å². The molecular formula is C15H11N5O. The predicted molar refractivity (Wildman–Crippen MR) is 78.2 cm³/mol. The zero-order valence-electron chi connectivity index (χ0n) is 11.0. The van der Waals surface area contributed by atoms with Gasteiger partial charge in [0.1, 0.15) is 11.3 Å². The van der Waals surface area contributed by atoms with E-state index in [0.717, 1.165) is 11.3 Å². The Morgan fingerprint density at radius 3 is 2.67 bits per heavy atom. The maximum absolute atomic E-state index is 5.59. The number of aromatic nitrogens is 4. The molecule has 1 N–H and O–H groups in total. The van der Waals surface area contributed by atoms with Crippen LogP contribution in [0.15, 0.2) is 65.3 Å². The van der Waals surface area contributed by atoms with E-state index in [-0.39, 0.29) is 0 Å². The number of hydrogen-bond acceptors (Lipinski definition) is 5. The molecule has 0 unspecified atom stereocenters. The second-order valence-corrected chi connectivity index (χ2v) is 4.50. The largest absolute Gasteiger partial charge is 0.401 e. The van der Waals surface area contributed by atoms with Gasteiger partial charge in [-0.2, -0.15) is 0 Å². The number of rotatable bonds is 3. The van der Waals surface area contributed by atoms with Gasteiger partial charge in [0, 0.05) is 18.1 Å². The van der Waals surface area contributed by atoms with Crippen LogP contribution in [0, 0.1) is 0 Å². The molecule has 0 atom stereocenters. The highest BCUT2D eigenvalue weighted by Gasteiger charge is 2.12. The van der Waals surface area contributed by atoms with Crippen LogP contribution in [0.3, 0.4) is 0 Å². The summed E-state index contributed by atoms with van der Waals surface area (Å²) in [6.45, 7) is 0. The van der Waals surface area contributed by atoms with Gasteiger partial charge in [-0.3, -0.25) is 0 Å². The molecule has 4 rings (SSSR count). The molecule has 6 nitrogen and oxygen atoms in total. The van der Waals surface area contributed by atoms with E-state index in [4.69, 9.17) is 4.42 Å². The number of benzene rings is 1. The van der Waals surface area contributed by atoms with Crippen molar-refractivity contribution in [3.05, 3.63) is 60.9 Å². The number of pyridine rings is 1. The van der Waals surface area contributed by atoms with Gasteiger partial charge in [-0.25, -0.2) is 4.98 Å². The Kier molecular flexibility index (Phi) is 2.64. The van der Waals surface area contributed by atoms with Crippen LogP contribution in [0.5, 0.6) is 0 Å². The molecule has 0 aliphatic heterocycles. The average Bonchev–Trinajstić information content (AvgIpc) is 3.14. The molecule has 0 radical (unpaired) electrons. The lowest BCUT2D eigenvalue weighted by molar-refractivity contribution is 0.585. The molecular weight excluding hydrogens is 266 g/mol. The van der Waals surface area contributed by atoms with E-state index < -0.39 is 0 Å². The van der Waals surface area contributed by atoms with Gasteiger partial charge < -0.3 is 14.1 Å². The summed E-state index contributed by atoms with van der Waals surface area (Å²) in [7, 11) is 0. The summed E-state index contributed by atoms with van der Waals surface area (Å²) in [6, 6.07) is 15.8. The number of anilines is 2. The van der Waals surface area contributed by atoms with Crippen molar-refractivity contribution in [3.63, 3.8) is 0 Å². The third-order valence-electron chi connectivity index (χ3n) is 3.03. The van der Waals surface area contributed by atoms with Gasteiger partial charge in [-0.1, -0.05) is 29.4 Å². The van der Waals surface area contributed by atoms with Crippen molar-refractivity contribution in [3.8, 4) is 11.6 Å². The molecule has 1 aromatic carbocycles. The minimum atomic E-state index is 0.341. The second-order valence-electron chi connectivity index (χ2n) is 4.50. The molecule has 0 aliphatic rings. The fraction of sp³-hybridized carbons (Fsp3) is 0. The third kappa shape index (κ3) is 2.23. The number of para-hydroxylation sites is 1. The Morgan fingerprint density at radius 1 is 0.952 bits per heavy atom. The zero-order chi connectivity index (χ0) is 14.1. The van der Waals surface area contributed by atoms with Crippen molar-refractivity contribution in [2.45, 2.75) is 0 Å². The Labute approximate surface area is 120 Å². The first kappa shape index (κ1) is 11.7. The van der Waals surface area contributed by atoms with E-state index in [9.17, 15) is 0 Å². The van der Waals surface area contributed by atoms with Gasteiger partial charge in [-0.15, -0.1) is 5.10 Å². The van der Waals surface area contributed by atoms with Crippen molar-refractivity contribution < 1.29 is 4.42 Å². The smallest absolute Gasteiger partial charge is 0.320 e. The Morgan fingerprint density at radius 2 is 1.81 bits per heavy atom. The van der Waals surface area contributed by atoms with Crippen LogP contribution in [-0.4, -0.2) is 19.6 Å². The highest BCUT2D eigenvalue weighted by atomic mass is 16.4. The summed E-state index contributed by atoms with van der Waals surface area (Å²) in [5, 5.41) is 11.1. The number of imidazole rings is 1. The summed E-state index contributed by atoms with van der Waals surface area (Å²) in [6.07, 6.45) is 3.78. The zero-order valence-corrected chi connectivity index (χ0v) is 11.0. The number of hydrogen-bond donors (Lipinski definition) is 1. The molecule has 0 spiro atoms. The van der Waals surface area contributed by atoms with Crippen molar-refractivity contribution >= 4 is 17.3 Å². The molecule has 0 saturated carbocycles.